The highest BCUT2D eigenvalue weighted by molar-refractivity contribution is 6.31. The molecule has 0 amide bonds. The average Bonchev–Trinajstić information content (AvgIpc) is 2.76. The molecule has 1 nitrogen and oxygen atoms in total. The largest absolute Gasteiger partial charge is 0.362 e. The topological polar surface area (TPSA) is 12.5 Å². The number of halogens is 2. The zero-order valence-corrected chi connectivity index (χ0v) is 10.1. The van der Waals surface area contributed by atoms with Crippen molar-refractivity contribution in [3.63, 3.8) is 0 Å². The molecule has 1 saturated heterocycles. The van der Waals surface area contributed by atoms with E-state index < -0.39 is 0 Å². The number of rotatable bonds is 2. The molecule has 1 aromatic rings. The maximum atomic E-state index is 5.93. The lowest BCUT2D eigenvalue weighted by Gasteiger charge is -2.04. The first kappa shape index (κ1) is 11.0. The minimum Gasteiger partial charge on any atom is -0.362 e. The lowest BCUT2D eigenvalue weighted by Crippen LogP contribution is -2.04. The Labute approximate surface area is 99.6 Å². The monoisotopic (exact) mass is 242 g/mol. The van der Waals surface area contributed by atoms with Crippen molar-refractivity contribution in [1.29, 1.82) is 0 Å². The summed E-state index contributed by atoms with van der Waals surface area (Å²) in [6.45, 7) is 4.09. The van der Waals surface area contributed by atoms with Gasteiger partial charge in [0, 0.05) is 16.1 Å². The van der Waals surface area contributed by atoms with Crippen LogP contribution in [0.15, 0.2) is 29.8 Å². The minimum absolute atomic E-state index is 0.0773. The van der Waals surface area contributed by atoms with E-state index in [-0.39, 0.29) is 11.7 Å². The van der Waals surface area contributed by atoms with Crippen molar-refractivity contribution in [2.24, 2.45) is 0 Å². The van der Waals surface area contributed by atoms with Crippen LogP contribution in [0.5, 0.6) is 0 Å². The third kappa shape index (κ3) is 2.20. The van der Waals surface area contributed by atoms with Gasteiger partial charge in [-0.3, -0.25) is 0 Å². The second-order valence-corrected chi connectivity index (χ2v) is 4.83. The van der Waals surface area contributed by atoms with E-state index in [0.29, 0.717) is 5.02 Å². The van der Waals surface area contributed by atoms with Gasteiger partial charge in [0.05, 0.1) is 5.60 Å². The third-order valence-corrected chi connectivity index (χ3v) is 3.02. The highest BCUT2D eigenvalue weighted by atomic mass is 35.5. The highest BCUT2D eigenvalue weighted by Crippen LogP contribution is 2.44. The first-order chi connectivity index (χ1) is 7.04. The normalized spacial score (nSPS) is 24.0. The van der Waals surface area contributed by atoms with Crippen molar-refractivity contribution in [1.82, 2.24) is 0 Å². The Kier molecular flexibility index (Phi) is 2.80. The average molecular weight is 243 g/mol. The molecule has 1 heterocycles. The second kappa shape index (κ2) is 3.82. The van der Waals surface area contributed by atoms with Crippen LogP contribution < -0.4 is 0 Å². The van der Waals surface area contributed by atoms with Gasteiger partial charge in [-0.2, -0.15) is 0 Å². The molecule has 1 unspecified atom stereocenters. The summed E-state index contributed by atoms with van der Waals surface area (Å²) < 4.78 is 5.56. The standard InChI is InChI=1S/C12H12Cl2O/c1-12(2)11(15-12)10(7-13)8-4-3-5-9(14)6-8/h3-7,11H,1-2H3. The van der Waals surface area contributed by atoms with Crippen molar-refractivity contribution in [3.8, 4) is 0 Å². The number of epoxide rings is 1. The van der Waals surface area contributed by atoms with Crippen molar-refractivity contribution in [3.05, 3.63) is 40.4 Å². The van der Waals surface area contributed by atoms with Gasteiger partial charge >= 0.3 is 0 Å². The fraction of sp³-hybridized carbons (Fsp3) is 0.333. The summed E-state index contributed by atoms with van der Waals surface area (Å²) in [6, 6.07) is 7.63. The minimum atomic E-state index is -0.108. The number of hydrogen-bond acceptors (Lipinski definition) is 1. The molecular weight excluding hydrogens is 231 g/mol. The summed E-state index contributed by atoms with van der Waals surface area (Å²) >= 11 is 11.8. The van der Waals surface area contributed by atoms with Crippen LogP contribution >= 0.6 is 23.2 Å². The zero-order chi connectivity index (χ0) is 11.1. The summed E-state index contributed by atoms with van der Waals surface area (Å²) in [7, 11) is 0. The van der Waals surface area contributed by atoms with E-state index in [1.54, 1.807) is 5.54 Å². The van der Waals surface area contributed by atoms with Crippen molar-refractivity contribution in [2.45, 2.75) is 25.6 Å². The predicted octanol–water partition coefficient (Wildman–Crippen LogP) is 4.10. The number of benzene rings is 1. The molecule has 0 spiro atoms. The molecule has 1 fully saturated rings. The molecule has 0 radical (unpaired) electrons. The molecule has 0 aliphatic carbocycles. The molecule has 15 heavy (non-hydrogen) atoms. The van der Waals surface area contributed by atoms with E-state index in [0.717, 1.165) is 11.1 Å². The first-order valence-corrected chi connectivity index (χ1v) is 5.60. The van der Waals surface area contributed by atoms with Crippen LogP contribution in [0.1, 0.15) is 19.4 Å². The molecule has 2 rings (SSSR count). The number of hydrogen-bond donors (Lipinski definition) is 0. The second-order valence-electron chi connectivity index (χ2n) is 4.18. The van der Waals surface area contributed by atoms with Crippen LogP contribution in [0.25, 0.3) is 5.57 Å². The Balaban J connectivity index is 2.30. The Morgan fingerprint density at radius 1 is 1.47 bits per heavy atom. The summed E-state index contributed by atoms with van der Waals surface area (Å²) in [5.74, 6) is 0. The van der Waals surface area contributed by atoms with Gasteiger partial charge in [-0.1, -0.05) is 35.3 Å². The summed E-state index contributed by atoms with van der Waals surface area (Å²) in [5.41, 5.74) is 3.48. The lowest BCUT2D eigenvalue weighted by molar-refractivity contribution is 0.335. The van der Waals surface area contributed by atoms with Crippen molar-refractivity contribution < 1.29 is 4.74 Å². The van der Waals surface area contributed by atoms with Crippen LogP contribution in [-0.4, -0.2) is 11.7 Å². The van der Waals surface area contributed by atoms with Crippen LogP contribution in [0, 0.1) is 0 Å². The quantitative estimate of drug-likeness (QED) is 0.712. The number of ether oxygens (including phenoxy) is 1. The maximum Gasteiger partial charge on any atom is 0.113 e. The summed E-state index contributed by atoms with van der Waals surface area (Å²) in [4.78, 5) is 0. The molecule has 0 saturated carbocycles. The third-order valence-electron chi connectivity index (χ3n) is 2.55. The van der Waals surface area contributed by atoms with Crippen LogP contribution in [0.3, 0.4) is 0 Å². The summed E-state index contributed by atoms with van der Waals surface area (Å²) in [5, 5.41) is 0.710. The van der Waals surface area contributed by atoms with Gasteiger partial charge in [-0.25, -0.2) is 0 Å². The van der Waals surface area contributed by atoms with Gasteiger partial charge in [-0.15, -0.1) is 0 Å². The Hall–Kier alpha value is -0.500. The van der Waals surface area contributed by atoms with Gasteiger partial charge in [0.15, 0.2) is 0 Å². The molecule has 0 N–H and O–H groups in total. The van der Waals surface area contributed by atoms with Gasteiger partial charge in [0.25, 0.3) is 0 Å². The molecule has 80 valence electrons. The highest BCUT2D eigenvalue weighted by Gasteiger charge is 2.50. The van der Waals surface area contributed by atoms with E-state index in [2.05, 4.69) is 0 Å². The van der Waals surface area contributed by atoms with E-state index in [1.165, 1.54) is 0 Å². The molecule has 1 aliphatic heterocycles. The predicted molar refractivity (Wildman–Crippen MR) is 64.2 cm³/mol. The first-order valence-electron chi connectivity index (χ1n) is 4.78. The van der Waals surface area contributed by atoms with Gasteiger partial charge in [0.1, 0.15) is 6.10 Å². The van der Waals surface area contributed by atoms with Gasteiger partial charge in [-0.05, 0) is 31.5 Å². The molecular formula is C12H12Cl2O. The Bertz CT molecular complexity index is 410. The maximum absolute atomic E-state index is 5.93. The van der Waals surface area contributed by atoms with E-state index >= 15 is 0 Å². The Morgan fingerprint density at radius 3 is 2.60 bits per heavy atom. The van der Waals surface area contributed by atoms with Crippen LogP contribution in [0.4, 0.5) is 0 Å². The van der Waals surface area contributed by atoms with Crippen molar-refractivity contribution in [2.75, 3.05) is 0 Å². The van der Waals surface area contributed by atoms with E-state index in [1.807, 2.05) is 38.1 Å². The molecule has 1 atom stereocenters. The van der Waals surface area contributed by atoms with Gasteiger partial charge < -0.3 is 4.74 Å². The zero-order valence-electron chi connectivity index (χ0n) is 8.63. The van der Waals surface area contributed by atoms with Gasteiger partial charge in [0.2, 0.25) is 0 Å². The Morgan fingerprint density at radius 2 is 2.13 bits per heavy atom. The fourth-order valence-electron chi connectivity index (χ4n) is 1.65. The molecule has 0 bridgehead atoms. The van der Waals surface area contributed by atoms with Crippen molar-refractivity contribution >= 4 is 28.8 Å². The van der Waals surface area contributed by atoms with Crippen LogP contribution in [0.2, 0.25) is 5.02 Å². The fourth-order valence-corrected chi connectivity index (χ4v) is 2.08. The van der Waals surface area contributed by atoms with E-state index in [4.69, 9.17) is 27.9 Å². The lowest BCUT2D eigenvalue weighted by atomic mass is 9.98. The molecule has 1 aliphatic rings. The molecule has 1 aromatic carbocycles. The SMILES string of the molecule is CC1(C)OC1C(=CCl)c1cccc(Cl)c1. The smallest absolute Gasteiger partial charge is 0.113 e. The molecule has 0 aromatic heterocycles. The summed E-state index contributed by atoms with van der Waals surface area (Å²) in [6.07, 6.45) is 0.0773. The molecule has 3 heteroatoms. The van der Waals surface area contributed by atoms with E-state index in [9.17, 15) is 0 Å². The van der Waals surface area contributed by atoms with Crippen LogP contribution in [-0.2, 0) is 4.74 Å².